The van der Waals surface area contributed by atoms with Crippen molar-refractivity contribution in [2.45, 2.75) is 13.5 Å². The maximum absolute atomic E-state index is 11.9. The van der Waals surface area contributed by atoms with Gasteiger partial charge in [0.15, 0.2) is 5.69 Å². The van der Waals surface area contributed by atoms with Gasteiger partial charge in [-0.25, -0.2) is 9.48 Å². The molecule has 0 spiro atoms. The number of aryl methyl sites for hydroxylation is 2. The third kappa shape index (κ3) is 3.40. The van der Waals surface area contributed by atoms with Crippen LogP contribution in [0.25, 0.3) is 5.69 Å². The van der Waals surface area contributed by atoms with Crippen LogP contribution in [-0.2, 0) is 18.4 Å². The second-order valence-corrected chi connectivity index (χ2v) is 5.44. The van der Waals surface area contributed by atoms with E-state index in [0.717, 1.165) is 11.4 Å². The van der Waals surface area contributed by atoms with Crippen LogP contribution < -0.4 is 0 Å². The maximum Gasteiger partial charge on any atom is 0.359 e. The van der Waals surface area contributed by atoms with E-state index >= 15 is 0 Å². The molecule has 23 heavy (non-hydrogen) atoms. The van der Waals surface area contributed by atoms with Crippen LogP contribution in [0.15, 0.2) is 36.5 Å². The number of benzene rings is 1. The highest BCUT2D eigenvalue weighted by Gasteiger charge is 2.13. The highest BCUT2D eigenvalue weighted by Crippen LogP contribution is 2.13. The van der Waals surface area contributed by atoms with Crippen molar-refractivity contribution < 1.29 is 9.53 Å². The smallest absolute Gasteiger partial charge is 0.359 e. The molecule has 2 heterocycles. The van der Waals surface area contributed by atoms with Gasteiger partial charge in [0.05, 0.1) is 11.9 Å². The van der Waals surface area contributed by atoms with Crippen LogP contribution >= 0.6 is 11.6 Å². The number of hydrogen-bond donors (Lipinski definition) is 0. The summed E-state index contributed by atoms with van der Waals surface area (Å²) >= 11 is 5.85. The van der Waals surface area contributed by atoms with Gasteiger partial charge < -0.3 is 4.74 Å². The molecule has 2 aromatic heterocycles. The summed E-state index contributed by atoms with van der Waals surface area (Å²) in [5, 5.41) is 12.7. The van der Waals surface area contributed by atoms with Crippen molar-refractivity contribution in [3.8, 4) is 5.69 Å². The van der Waals surface area contributed by atoms with E-state index in [1.807, 2.05) is 19.1 Å². The number of carbonyl (C=O) groups is 1. The van der Waals surface area contributed by atoms with Gasteiger partial charge >= 0.3 is 5.97 Å². The van der Waals surface area contributed by atoms with Crippen LogP contribution in [0.1, 0.15) is 21.9 Å². The lowest BCUT2D eigenvalue weighted by molar-refractivity contribution is 0.0460. The molecule has 0 radical (unpaired) electrons. The second-order valence-electron chi connectivity index (χ2n) is 5.00. The molecule has 0 fully saturated rings. The lowest BCUT2D eigenvalue weighted by atomic mass is 10.3. The molecule has 0 amide bonds. The summed E-state index contributed by atoms with van der Waals surface area (Å²) in [6.07, 6.45) is 1.69. The minimum absolute atomic E-state index is 0.0298. The average Bonchev–Trinajstić information content (AvgIpc) is 3.13. The summed E-state index contributed by atoms with van der Waals surface area (Å²) in [4.78, 5) is 11.9. The predicted octanol–water partition coefficient (Wildman–Crippen LogP) is 2.32. The molecule has 0 aliphatic carbocycles. The highest BCUT2D eigenvalue weighted by molar-refractivity contribution is 6.30. The number of aromatic nitrogens is 5. The van der Waals surface area contributed by atoms with E-state index in [1.165, 1.54) is 0 Å². The van der Waals surface area contributed by atoms with Crippen LogP contribution in [0.4, 0.5) is 0 Å². The fraction of sp³-hybridized carbons (Fsp3) is 0.200. The van der Waals surface area contributed by atoms with Crippen molar-refractivity contribution >= 4 is 17.6 Å². The zero-order valence-corrected chi connectivity index (χ0v) is 13.4. The van der Waals surface area contributed by atoms with Gasteiger partial charge in [-0.2, -0.15) is 5.10 Å². The third-order valence-electron chi connectivity index (χ3n) is 3.31. The minimum Gasteiger partial charge on any atom is -0.454 e. The standard InChI is InChI=1S/C15H14ClN5O2/c1-10-7-14(18-20(10)2)15(22)23-9-12-8-21(19-17-12)13-5-3-11(16)4-6-13/h3-8H,9H2,1-2H3. The van der Waals surface area contributed by atoms with E-state index in [4.69, 9.17) is 16.3 Å². The number of carbonyl (C=O) groups excluding carboxylic acids is 1. The van der Waals surface area contributed by atoms with Crippen molar-refractivity contribution in [1.29, 1.82) is 0 Å². The molecule has 8 heteroatoms. The summed E-state index contributed by atoms with van der Waals surface area (Å²) in [5.74, 6) is -0.491. The SMILES string of the molecule is Cc1cc(C(=O)OCc2cn(-c3ccc(Cl)cc3)nn2)nn1C. The fourth-order valence-electron chi connectivity index (χ4n) is 1.96. The van der Waals surface area contributed by atoms with E-state index in [9.17, 15) is 4.79 Å². The third-order valence-corrected chi connectivity index (χ3v) is 3.56. The Bertz CT molecular complexity index is 818. The molecule has 0 saturated carbocycles. The molecule has 1 aromatic carbocycles. The van der Waals surface area contributed by atoms with Crippen LogP contribution in [0.3, 0.4) is 0 Å². The molecule has 0 aliphatic rings. The van der Waals surface area contributed by atoms with Crippen molar-refractivity contribution in [1.82, 2.24) is 24.8 Å². The second kappa shape index (κ2) is 6.21. The Labute approximate surface area is 137 Å². The van der Waals surface area contributed by atoms with E-state index in [0.29, 0.717) is 10.7 Å². The Hall–Kier alpha value is -2.67. The Balaban J connectivity index is 1.65. The average molecular weight is 332 g/mol. The van der Waals surface area contributed by atoms with Crippen molar-refractivity contribution in [2.24, 2.45) is 7.05 Å². The summed E-state index contributed by atoms with van der Waals surface area (Å²) in [6, 6.07) is 8.85. The lowest BCUT2D eigenvalue weighted by Crippen LogP contribution is -2.07. The van der Waals surface area contributed by atoms with E-state index < -0.39 is 5.97 Å². The lowest BCUT2D eigenvalue weighted by Gasteiger charge is -2.00. The van der Waals surface area contributed by atoms with Crippen LogP contribution in [0, 0.1) is 6.92 Å². The van der Waals surface area contributed by atoms with Crippen molar-refractivity contribution in [3.05, 3.63) is 58.6 Å². The molecule has 0 N–H and O–H groups in total. The highest BCUT2D eigenvalue weighted by atomic mass is 35.5. The van der Waals surface area contributed by atoms with Crippen molar-refractivity contribution in [3.63, 3.8) is 0 Å². The normalized spacial score (nSPS) is 10.7. The van der Waals surface area contributed by atoms with Crippen LogP contribution in [0.5, 0.6) is 0 Å². The number of ether oxygens (including phenoxy) is 1. The monoisotopic (exact) mass is 331 g/mol. The van der Waals surface area contributed by atoms with Gasteiger partial charge in [0.1, 0.15) is 12.3 Å². The first-order valence-electron chi connectivity index (χ1n) is 6.88. The summed E-state index contributed by atoms with van der Waals surface area (Å²) in [6.45, 7) is 1.89. The number of hydrogen-bond acceptors (Lipinski definition) is 5. The molecule has 0 saturated heterocycles. The Morgan fingerprint density at radius 3 is 2.70 bits per heavy atom. The zero-order chi connectivity index (χ0) is 16.4. The number of halogens is 1. The largest absolute Gasteiger partial charge is 0.454 e. The van der Waals surface area contributed by atoms with Crippen molar-refractivity contribution in [2.75, 3.05) is 0 Å². The predicted molar refractivity (Wildman–Crippen MR) is 83.4 cm³/mol. The molecule has 118 valence electrons. The summed E-state index contributed by atoms with van der Waals surface area (Å²) in [7, 11) is 1.77. The molecule has 3 aromatic rings. The number of nitrogens with zero attached hydrogens (tertiary/aromatic N) is 5. The molecular formula is C15H14ClN5O2. The molecular weight excluding hydrogens is 318 g/mol. The molecule has 0 bridgehead atoms. The van der Waals surface area contributed by atoms with Gasteiger partial charge in [0.2, 0.25) is 0 Å². The van der Waals surface area contributed by atoms with E-state index in [2.05, 4.69) is 15.4 Å². The van der Waals surface area contributed by atoms with Crippen LogP contribution in [-0.4, -0.2) is 30.7 Å². The number of rotatable bonds is 4. The maximum atomic E-state index is 11.9. The Morgan fingerprint density at radius 1 is 1.30 bits per heavy atom. The van der Waals surface area contributed by atoms with E-state index in [-0.39, 0.29) is 12.3 Å². The van der Waals surface area contributed by atoms with Gasteiger partial charge in [-0.3, -0.25) is 4.68 Å². The zero-order valence-electron chi connectivity index (χ0n) is 12.6. The first kappa shape index (κ1) is 15.2. The van der Waals surface area contributed by atoms with Gasteiger partial charge in [0.25, 0.3) is 0 Å². The summed E-state index contributed by atoms with van der Waals surface area (Å²) in [5.41, 5.74) is 2.52. The summed E-state index contributed by atoms with van der Waals surface area (Å²) < 4.78 is 8.41. The quantitative estimate of drug-likeness (QED) is 0.686. The van der Waals surface area contributed by atoms with Gasteiger partial charge in [-0.1, -0.05) is 16.8 Å². The fourth-order valence-corrected chi connectivity index (χ4v) is 2.08. The Morgan fingerprint density at radius 2 is 2.04 bits per heavy atom. The molecule has 0 unspecified atom stereocenters. The number of esters is 1. The van der Waals surface area contributed by atoms with E-state index in [1.54, 1.807) is 40.8 Å². The van der Waals surface area contributed by atoms with Crippen LogP contribution in [0.2, 0.25) is 5.02 Å². The minimum atomic E-state index is -0.491. The first-order chi connectivity index (χ1) is 11.0. The molecule has 3 rings (SSSR count). The van der Waals surface area contributed by atoms with Gasteiger partial charge in [-0.05, 0) is 37.3 Å². The van der Waals surface area contributed by atoms with Gasteiger partial charge in [-0.15, -0.1) is 5.10 Å². The molecule has 7 nitrogen and oxygen atoms in total. The molecule has 0 aliphatic heterocycles. The molecule has 0 atom stereocenters. The Kier molecular flexibility index (Phi) is 4.12. The van der Waals surface area contributed by atoms with Gasteiger partial charge in [0, 0.05) is 17.8 Å². The first-order valence-corrected chi connectivity index (χ1v) is 7.25. The topological polar surface area (TPSA) is 74.8 Å².